The summed E-state index contributed by atoms with van der Waals surface area (Å²) >= 11 is 0. The number of carbonyl (C=O) groups excluding carboxylic acids is 2. The van der Waals surface area contributed by atoms with Crippen molar-refractivity contribution in [2.45, 2.75) is 25.7 Å². The van der Waals surface area contributed by atoms with E-state index in [0.717, 1.165) is 36.8 Å². The van der Waals surface area contributed by atoms with E-state index in [2.05, 4.69) is 0 Å². The lowest BCUT2D eigenvalue weighted by atomic mass is 9.92. The molecule has 20 heavy (non-hydrogen) atoms. The normalized spacial score (nSPS) is 18.8. The van der Waals surface area contributed by atoms with E-state index in [1.54, 1.807) is 24.3 Å². The van der Waals surface area contributed by atoms with Gasteiger partial charge >= 0.3 is 0 Å². The Morgan fingerprint density at radius 3 is 2.05 bits per heavy atom. The number of hydrogen-bond acceptors (Lipinski definition) is 3. The molecule has 0 spiro atoms. The molecule has 0 saturated heterocycles. The molecule has 4 nitrogen and oxygen atoms in total. The molecule has 1 aliphatic carbocycles. The number of hydrogen-bond donors (Lipinski definition) is 1. The van der Waals surface area contributed by atoms with Gasteiger partial charge in [0.15, 0.2) is 0 Å². The number of carbonyl (C=O) groups is 2. The molecule has 0 radical (unpaired) electrons. The Morgan fingerprint density at radius 1 is 0.950 bits per heavy atom. The highest BCUT2D eigenvalue weighted by atomic mass is 16.3. The number of nitrogens with zero attached hydrogens (tertiary/aromatic N) is 1. The Labute approximate surface area is 117 Å². The molecule has 0 saturated carbocycles. The van der Waals surface area contributed by atoms with Crippen LogP contribution >= 0.6 is 0 Å². The number of aliphatic hydroxyl groups excluding tert-OH is 1. The number of aliphatic hydroxyl groups is 1. The van der Waals surface area contributed by atoms with Gasteiger partial charge in [0.1, 0.15) is 0 Å². The molecule has 0 fully saturated rings. The van der Waals surface area contributed by atoms with Crippen LogP contribution in [0.15, 0.2) is 35.4 Å². The van der Waals surface area contributed by atoms with E-state index in [1.165, 1.54) is 4.90 Å². The SMILES string of the molecule is O=C1c2ccccc2C(=O)N1CC1=C(CO)CCCC1. The molecule has 2 amide bonds. The van der Waals surface area contributed by atoms with Crippen molar-refractivity contribution in [3.63, 3.8) is 0 Å². The van der Waals surface area contributed by atoms with E-state index in [-0.39, 0.29) is 18.4 Å². The van der Waals surface area contributed by atoms with E-state index in [9.17, 15) is 14.7 Å². The van der Waals surface area contributed by atoms with E-state index >= 15 is 0 Å². The minimum atomic E-state index is -0.221. The van der Waals surface area contributed by atoms with Gasteiger partial charge in [-0.3, -0.25) is 14.5 Å². The largest absolute Gasteiger partial charge is 0.392 e. The Kier molecular flexibility index (Phi) is 3.40. The summed E-state index contributed by atoms with van der Waals surface area (Å²) in [5, 5.41) is 9.39. The van der Waals surface area contributed by atoms with Gasteiger partial charge in [0.2, 0.25) is 0 Å². The molecule has 3 rings (SSSR count). The minimum Gasteiger partial charge on any atom is -0.392 e. The second-order valence-electron chi connectivity index (χ2n) is 5.31. The van der Waals surface area contributed by atoms with Gasteiger partial charge in [-0.15, -0.1) is 0 Å². The molecule has 0 unspecified atom stereocenters. The molecule has 0 bridgehead atoms. The number of fused-ring (bicyclic) bond motifs is 1. The molecule has 104 valence electrons. The summed E-state index contributed by atoms with van der Waals surface area (Å²) in [5.41, 5.74) is 3.01. The minimum absolute atomic E-state index is 0.0263. The van der Waals surface area contributed by atoms with Gasteiger partial charge < -0.3 is 5.11 Å². The van der Waals surface area contributed by atoms with Crippen molar-refractivity contribution in [2.75, 3.05) is 13.2 Å². The first-order valence-corrected chi connectivity index (χ1v) is 6.98. The van der Waals surface area contributed by atoms with Crippen molar-refractivity contribution in [2.24, 2.45) is 0 Å². The molecule has 1 aromatic carbocycles. The zero-order valence-corrected chi connectivity index (χ0v) is 11.3. The van der Waals surface area contributed by atoms with Crippen LogP contribution in [0.1, 0.15) is 46.4 Å². The number of benzene rings is 1. The van der Waals surface area contributed by atoms with E-state index in [1.807, 2.05) is 0 Å². The van der Waals surface area contributed by atoms with Crippen molar-refractivity contribution >= 4 is 11.8 Å². The van der Waals surface area contributed by atoms with Crippen molar-refractivity contribution in [3.05, 3.63) is 46.5 Å². The van der Waals surface area contributed by atoms with Gasteiger partial charge in [0, 0.05) is 0 Å². The van der Waals surface area contributed by atoms with Crippen LogP contribution in [0.4, 0.5) is 0 Å². The van der Waals surface area contributed by atoms with Crippen LogP contribution in [0.3, 0.4) is 0 Å². The average Bonchev–Trinajstić information content (AvgIpc) is 2.73. The van der Waals surface area contributed by atoms with Crippen LogP contribution in [0, 0.1) is 0 Å². The van der Waals surface area contributed by atoms with Crippen molar-refractivity contribution in [1.82, 2.24) is 4.90 Å². The maximum absolute atomic E-state index is 12.3. The van der Waals surface area contributed by atoms with E-state index in [4.69, 9.17) is 0 Å². The van der Waals surface area contributed by atoms with Crippen molar-refractivity contribution < 1.29 is 14.7 Å². The molecule has 1 aliphatic heterocycles. The lowest BCUT2D eigenvalue weighted by Crippen LogP contribution is -2.32. The molecular formula is C16H17NO3. The summed E-state index contributed by atoms with van der Waals surface area (Å²) in [4.78, 5) is 25.9. The fraction of sp³-hybridized carbons (Fsp3) is 0.375. The second kappa shape index (κ2) is 5.21. The van der Waals surface area contributed by atoms with Crippen LogP contribution in [-0.2, 0) is 0 Å². The number of rotatable bonds is 3. The Bertz CT molecular complexity index is 568. The van der Waals surface area contributed by atoms with Gasteiger partial charge in [-0.1, -0.05) is 12.1 Å². The zero-order chi connectivity index (χ0) is 14.1. The first-order valence-electron chi connectivity index (χ1n) is 6.98. The summed E-state index contributed by atoms with van der Waals surface area (Å²) in [7, 11) is 0. The smallest absolute Gasteiger partial charge is 0.261 e. The van der Waals surface area contributed by atoms with E-state index in [0.29, 0.717) is 17.7 Å². The summed E-state index contributed by atoms with van der Waals surface area (Å²) in [6.07, 6.45) is 3.86. The van der Waals surface area contributed by atoms with Gasteiger partial charge in [0.25, 0.3) is 11.8 Å². The Hall–Kier alpha value is -1.94. The van der Waals surface area contributed by atoms with Gasteiger partial charge in [0.05, 0.1) is 24.3 Å². The standard InChI is InChI=1S/C16H17NO3/c18-10-12-6-2-1-5-11(12)9-17-15(19)13-7-3-4-8-14(13)16(17)20/h3-4,7-8,18H,1-2,5-6,9-10H2. The highest BCUT2D eigenvalue weighted by Gasteiger charge is 2.35. The Balaban J connectivity index is 1.88. The zero-order valence-electron chi connectivity index (χ0n) is 11.3. The summed E-state index contributed by atoms with van der Waals surface area (Å²) in [6, 6.07) is 6.93. The highest BCUT2D eigenvalue weighted by Crippen LogP contribution is 2.28. The summed E-state index contributed by atoms with van der Waals surface area (Å²) in [6.45, 7) is 0.348. The quantitative estimate of drug-likeness (QED) is 0.677. The van der Waals surface area contributed by atoms with Gasteiger partial charge in [-0.25, -0.2) is 0 Å². The number of imide groups is 1. The molecular weight excluding hydrogens is 254 g/mol. The third-order valence-corrected chi connectivity index (χ3v) is 4.13. The topological polar surface area (TPSA) is 57.6 Å². The predicted octanol–water partition coefficient (Wildman–Crippen LogP) is 2.15. The first-order chi connectivity index (χ1) is 9.72. The average molecular weight is 271 g/mol. The van der Waals surface area contributed by atoms with Crippen LogP contribution in [-0.4, -0.2) is 35.0 Å². The van der Waals surface area contributed by atoms with Crippen molar-refractivity contribution in [1.29, 1.82) is 0 Å². The third kappa shape index (κ3) is 2.06. The van der Waals surface area contributed by atoms with Crippen LogP contribution < -0.4 is 0 Å². The molecule has 1 heterocycles. The molecule has 4 heteroatoms. The molecule has 0 aromatic heterocycles. The van der Waals surface area contributed by atoms with Crippen molar-refractivity contribution in [3.8, 4) is 0 Å². The van der Waals surface area contributed by atoms with Crippen LogP contribution in [0.2, 0.25) is 0 Å². The summed E-state index contributed by atoms with van der Waals surface area (Å²) in [5.74, 6) is -0.443. The first kappa shape index (κ1) is 13.1. The third-order valence-electron chi connectivity index (χ3n) is 4.13. The second-order valence-corrected chi connectivity index (χ2v) is 5.31. The van der Waals surface area contributed by atoms with Gasteiger partial charge in [-0.05, 0) is 49.0 Å². The fourth-order valence-corrected chi connectivity index (χ4v) is 2.99. The monoisotopic (exact) mass is 271 g/mol. The lowest BCUT2D eigenvalue weighted by molar-refractivity contribution is 0.0665. The molecule has 1 aromatic rings. The van der Waals surface area contributed by atoms with Crippen LogP contribution in [0.5, 0.6) is 0 Å². The lowest BCUT2D eigenvalue weighted by Gasteiger charge is -2.23. The van der Waals surface area contributed by atoms with E-state index < -0.39 is 0 Å². The van der Waals surface area contributed by atoms with Crippen LogP contribution in [0.25, 0.3) is 0 Å². The predicted molar refractivity (Wildman–Crippen MR) is 74.4 cm³/mol. The maximum Gasteiger partial charge on any atom is 0.261 e. The fourth-order valence-electron chi connectivity index (χ4n) is 2.99. The maximum atomic E-state index is 12.3. The van der Waals surface area contributed by atoms with Gasteiger partial charge in [-0.2, -0.15) is 0 Å². The highest BCUT2D eigenvalue weighted by molar-refractivity contribution is 6.21. The molecule has 0 atom stereocenters. The molecule has 2 aliphatic rings. The Morgan fingerprint density at radius 2 is 1.50 bits per heavy atom. The number of amides is 2. The molecule has 1 N–H and O–H groups in total. The summed E-state index contributed by atoms with van der Waals surface area (Å²) < 4.78 is 0.